The Morgan fingerprint density at radius 2 is 2.00 bits per heavy atom. The van der Waals surface area contributed by atoms with Crippen LogP contribution in [0.25, 0.3) is 11.0 Å². The summed E-state index contributed by atoms with van der Waals surface area (Å²) in [6.07, 6.45) is 3.55. The summed E-state index contributed by atoms with van der Waals surface area (Å²) < 4.78 is 1.81. The van der Waals surface area contributed by atoms with E-state index in [-0.39, 0.29) is 24.0 Å². The minimum absolute atomic E-state index is 0. The smallest absolute Gasteiger partial charge is 0.278 e. The Hall–Kier alpha value is -1.80. The van der Waals surface area contributed by atoms with Gasteiger partial charge in [0.1, 0.15) is 5.52 Å². The van der Waals surface area contributed by atoms with Crippen LogP contribution < -0.4 is 16.2 Å². The van der Waals surface area contributed by atoms with E-state index in [0.717, 1.165) is 31.5 Å². The highest BCUT2D eigenvalue weighted by molar-refractivity contribution is 6.42. The van der Waals surface area contributed by atoms with Gasteiger partial charge < -0.3 is 10.6 Å². The molecule has 0 atom stereocenters. The average Bonchev–Trinajstić information content (AvgIpc) is 3.08. The molecule has 7 nitrogen and oxygen atoms in total. The summed E-state index contributed by atoms with van der Waals surface area (Å²) in [5.41, 5.74) is 1.86. The molecule has 0 amide bonds. The van der Waals surface area contributed by atoms with Gasteiger partial charge in [-0.1, -0.05) is 29.3 Å². The van der Waals surface area contributed by atoms with Crippen molar-refractivity contribution in [2.75, 3.05) is 18.4 Å². The number of piperidine rings is 1. The van der Waals surface area contributed by atoms with Crippen LogP contribution >= 0.6 is 35.6 Å². The number of halogens is 3. The SMILES string of the molecule is Cl.O=c1[nH]c(NCc2ccc(Cl)c(Cl)c2)nc2cnn(C3CCNCC3)c12. The van der Waals surface area contributed by atoms with Crippen molar-refractivity contribution in [3.05, 3.63) is 50.4 Å². The van der Waals surface area contributed by atoms with Crippen LogP contribution in [0, 0.1) is 0 Å². The minimum Gasteiger partial charge on any atom is -0.352 e. The molecule has 0 bridgehead atoms. The van der Waals surface area contributed by atoms with E-state index in [1.54, 1.807) is 18.3 Å². The van der Waals surface area contributed by atoms with Gasteiger partial charge in [0.05, 0.1) is 22.3 Å². The van der Waals surface area contributed by atoms with Crippen molar-refractivity contribution >= 4 is 52.6 Å². The largest absolute Gasteiger partial charge is 0.352 e. The lowest BCUT2D eigenvalue weighted by atomic mass is 10.1. The van der Waals surface area contributed by atoms with Crippen molar-refractivity contribution in [2.45, 2.75) is 25.4 Å². The van der Waals surface area contributed by atoms with Crippen molar-refractivity contribution in [2.24, 2.45) is 0 Å². The number of H-pyrrole nitrogens is 1. The molecular weight excluding hydrogens is 411 g/mol. The highest BCUT2D eigenvalue weighted by atomic mass is 35.5. The Morgan fingerprint density at radius 1 is 1.22 bits per heavy atom. The lowest BCUT2D eigenvalue weighted by Crippen LogP contribution is -2.30. The molecule has 0 aliphatic carbocycles. The van der Waals surface area contributed by atoms with Gasteiger partial charge in [0, 0.05) is 6.54 Å². The highest BCUT2D eigenvalue weighted by Crippen LogP contribution is 2.23. The van der Waals surface area contributed by atoms with Crippen LogP contribution in [-0.4, -0.2) is 32.8 Å². The lowest BCUT2D eigenvalue weighted by molar-refractivity contribution is 0.350. The van der Waals surface area contributed by atoms with E-state index in [2.05, 4.69) is 25.7 Å². The monoisotopic (exact) mass is 428 g/mol. The Kier molecular flexibility index (Phi) is 6.26. The van der Waals surface area contributed by atoms with Gasteiger partial charge in [-0.3, -0.25) is 14.5 Å². The first kappa shape index (κ1) is 19.9. The molecular formula is C17H19Cl3N6O. The van der Waals surface area contributed by atoms with E-state index in [4.69, 9.17) is 23.2 Å². The Bertz CT molecular complexity index is 996. The highest BCUT2D eigenvalue weighted by Gasteiger charge is 2.20. The van der Waals surface area contributed by atoms with Gasteiger partial charge in [0.2, 0.25) is 5.95 Å². The van der Waals surface area contributed by atoms with Crippen LogP contribution in [0.2, 0.25) is 10.0 Å². The summed E-state index contributed by atoms with van der Waals surface area (Å²) >= 11 is 12.0. The van der Waals surface area contributed by atoms with Crippen molar-refractivity contribution in [1.29, 1.82) is 0 Å². The number of benzene rings is 1. The van der Waals surface area contributed by atoms with Crippen LogP contribution in [0.15, 0.2) is 29.2 Å². The molecule has 0 saturated carbocycles. The molecule has 1 aliphatic rings. The quantitative estimate of drug-likeness (QED) is 0.592. The number of aromatic nitrogens is 4. The first-order valence-corrected chi connectivity index (χ1v) is 9.23. The Morgan fingerprint density at radius 3 is 2.74 bits per heavy atom. The third-order valence-electron chi connectivity index (χ3n) is 4.55. The fourth-order valence-electron chi connectivity index (χ4n) is 3.22. The van der Waals surface area contributed by atoms with Crippen LogP contribution in [0.3, 0.4) is 0 Å². The van der Waals surface area contributed by atoms with Crippen molar-refractivity contribution in [3.8, 4) is 0 Å². The number of nitrogens with one attached hydrogen (secondary N) is 3. The van der Waals surface area contributed by atoms with Crippen LogP contribution in [0.5, 0.6) is 0 Å². The van der Waals surface area contributed by atoms with Crippen molar-refractivity contribution in [3.63, 3.8) is 0 Å². The Labute approximate surface area is 171 Å². The Balaban J connectivity index is 0.00000210. The van der Waals surface area contributed by atoms with Gasteiger partial charge in [-0.15, -0.1) is 12.4 Å². The minimum atomic E-state index is -0.192. The predicted molar refractivity (Wildman–Crippen MR) is 110 cm³/mol. The molecule has 1 fully saturated rings. The summed E-state index contributed by atoms with van der Waals surface area (Å²) in [4.78, 5) is 19.9. The third-order valence-corrected chi connectivity index (χ3v) is 5.29. The van der Waals surface area contributed by atoms with Crippen molar-refractivity contribution in [1.82, 2.24) is 25.1 Å². The van der Waals surface area contributed by atoms with Gasteiger partial charge in [0.15, 0.2) is 5.52 Å². The maximum absolute atomic E-state index is 12.6. The fourth-order valence-corrected chi connectivity index (χ4v) is 3.54. The summed E-state index contributed by atoms with van der Waals surface area (Å²) in [6, 6.07) is 5.62. The predicted octanol–water partition coefficient (Wildman–Crippen LogP) is 3.38. The first-order valence-electron chi connectivity index (χ1n) is 8.48. The van der Waals surface area contributed by atoms with E-state index in [9.17, 15) is 4.79 Å². The molecule has 27 heavy (non-hydrogen) atoms. The number of hydrogen-bond acceptors (Lipinski definition) is 5. The zero-order chi connectivity index (χ0) is 18.1. The fraction of sp³-hybridized carbons (Fsp3) is 0.353. The molecule has 1 aliphatic heterocycles. The molecule has 4 rings (SSSR count). The van der Waals surface area contributed by atoms with Crippen LogP contribution in [0.1, 0.15) is 24.4 Å². The molecule has 2 aromatic heterocycles. The zero-order valence-corrected chi connectivity index (χ0v) is 16.7. The number of fused-ring (bicyclic) bond motifs is 1. The number of anilines is 1. The molecule has 0 radical (unpaired) electrons. The summed E-state index contributed by atoms with van der Waals surface area (Å²) in [6.45, 7) is 2.33. The zero-order valence-electron chi connectivity index (χ0n) is 14.3. The van der Waals surface area contributed by atoms with Gasteiger partial charge in [-0.25, -0.2) is 4.98 Å². The number of nitrogens with zero attached hydrogens (tertiary/aromatic N) is 3. The first-order chi connectivity index (χ1) is 12.6. The second kappa shape index (κ2) is 8.48. The molecule has 1 aromatic carbocycles. The lowest BCUT2D eigenvalue weighted by Gasteiger charge is -2.23. The molecule has 144 valence electrons. The average molecular weight is 430 g/mol. The third kappa shape index (κ3) is 4.21. The van der Waals surface area contributed by atoms with Gasteiger partial charge >= 0.3 is 0 Å². The summed E-state index contributed by atoms with van der Waals surface area (Å²) in [5, 5.41) is 11.8. The van der Waals surface area contributed by atoms with Gasteiger partial charge in [-0.2, -0.15) is 5.10 Å². The number of hydrogen-bond donors (Lipinski definition) is 3. The summed E-state index contributed by atoms with van der Waals surface area (Å²) in [7, 11) is 0. The van der Waals surface area contributed by atoms with Crippen molar-refractivity contribution < 1.29 is 0 Å². The van der Waals surface area contributed by atoms with E-state index in [0.29, 0.717) is 33.6 Å². The second-order valence-electron chi connectivity index (χ2n) is 6.32. The van der Waals surface area contributed by atoms with Crippen LogP contribution in [-0.2, 0) is 6.54 Å². The standard InChI is InChI=1S/C17H18Cl2N6O.ClH/c18-12-2-1-10(7-13(12)19)8-21-17-23-14-9-22-25(15(14)16(26)24-17)11-3-5-20-6-4-11;/h1-2,7,9,11,20H,3-6,8H2,(H2,21,23,24,26);1H. The molecule has 10 heteroatoms. The van der Waals surface area contributed by atoms with E-state index in [1.807, 2.05) is 10.7 Å². The van der Waals surface area contributed by atoms with E-state index >= 15 is 0 Å². The number of aromatic amines is 1. The molecule has 3 heterocycles. The molecule has 1 saturated heterocycles. The number of rotatable bonds is 4. The molecule has 0 spiro atoms. The van der Waals surface area contributed by atoms with E-state index in [1.165, 1.54) is 0 Å². The van der Waals surface area contributed by atoms with E-state index < -0.39 is 0 Å². The molecule has 3 aromatic rings. The maximum Gasteiger partial charge on any atom is 0.278 e. The van der Waals surface area contributed by atoms with Gasteiger partial charge in [0.25, 0.3) is 5.56 Å². The normalized spacial score (nSPS) is 14.9. The maximum atomic E-state index is 12.6. The molecule has 3 N–H and O–H groups in total. The second-order valence-corrected chi connectivity index (χ2v) is 7.14. The molecule has 0 unspecified atom stereocenters. The summed E-state index contributed by atoms with van der Waals surface area (Å²) in [5.74, 6) is 0.401. The van der Waals surface area contributed by atoms with Crippen LogP contribution in [0.4, 0.5) is 5.95 Å². The van der Waals surface area contributed by atoms with Gasteiger partial charge in [-0.05, 0) is 43.6 Å². The topological polar surface area (TPSA) is 87.6 Å².